The van der Waals surface area contributed by atoms with Gasteiger partial charge in [0.2, 0.25) is 0 Å². The molecule has 5 nitrogen and oxygen atoms in total. The van der Waals surface area contributed by atoms with Gasteiger partial charge in [-0.3, -0.25) is 0 Å². The van der Waals surface area contributed by atoms with Crippen LogP contribution < -0.4 is 0 Å². The van der Waals surface area contributed by atoms with Crippen molar-refractivity contribution >= 4 is 86.2 Å². The molecule has 0 fully saturated rings. The number of hydrogen-bond acceptors (Lipinski definition) is 5. The van der Waals surface area contributed by atoms with E-state index in [0.717, 1.165) is 32.8 Å². The summed E-state index contributed by atoms with van der Waals surface area (Å²) in [5.41, 5.74) is 2.74. The molecule has 0 radical (unpaired) electrons. The Labute approximate surface area is 365 Å². The molecular formula is C58H48O5. The van der Waals surface area contributed by atoms with Crippen molar-refractivity contribution in [3.05, 3.63) is 205 Å². The molecule has 0 aromatic heterocycles. The highest BCUT2D eigenvalue weighted by molar-refractivity contribution is 6.25. The summed E-state index contributed by atoms with van der Waals surface area (Å²) >= 11 is 0. The molecule has 0 saturated heterocycles. The van der Waals surface area contributed by atoms with Crippen molar-refractivity contribution in [1.29, 1.82) is 0 Å². The standard InChI is InChI=1S/2C16H10O.C16H14O.C10H14O2/c2*17-14-9-7-12-5-4-10-2-1-3-11-6-8-13(14)16(12)15(10)11;1-11(17)13-7-4-8-15-14-6-3-2-5-12(14)9-10-16(13)15;1-7(11)9-3-5-10(6-4-9)8(2)12/h2*1-9,17H;2-11,17H,1H3;3-8,11-12H,1-2H3. The van der Waals surface area contributed by atoms with Gasteiger partial charge in [0.1, 0.15) is 11.5 Å². The molecule has 0 saturated carbocycles. The van der Waals surface area contributed by atoms with Crippen molar-refractivity contribution in [3.63, 3.8) is 0 Å². The Balaban J connectivity index is 0.000000108. The summed E-state index contributed by atoms with van der Waals surface area (Å²) in [6.07, 6.45) is -1.30. The van der Waals surface area contributed by atoms with Crippen LogP contribution in [-0.2, 0) is 0 Å². The van der Waals surface area contributed by atoms with Gasteiger partial charge < -0.3 is 25.5 Å². The van der Waals surface area contributed by atoms with E-state index in [9.17, 15) is 25.5 Å². The smallest absolute Gasteiger partial charge is 0.123 e. The normalized spacial score (nSPS) is 12.9. The maximum absolute atomic E-state index is 9.95. The zero-order chi connectivity index (χ0) is 43.8. The van der Waals surface area contributed by atoms with Crippen LogP contribution in [0.2, 0.25) is 0 Å². The highest BCUT2D eigenvalue weighted by atomic mass is 16.3. The Kier molecular flexibility index (Phi) is 11.2. The molecule has 5 N–H and O–H groups in total. The van der Waals surface area contributed by atoms with E-state index in [4.69, 9.17) is 0 Å². The summed E-state index contributed by atoms with van der Waals surface area (Å²) in [4.78, 5) is 0. The number of phenols is 2. The molecule has 0 heterocycles. The summed E-state index contributed by atoms with van der Waals surface area (Å²) in [7, 11) is 0. The first kappa shape index (κ1) is 41.1. The molecule has 0 aliphatic carbocycles. The van der Waals surface area contributed by atoms with Crippen LogP contribution in [0.15, 0.2) is 188 Å². The third-order valence-corrected chi connectivity index (χ3v) is 12.2. The molecule has 310 valence electrons. The van der Waals surface area contributed by atoms with E-state index in [1.807, 2.05) is 73.7 Å². The van der Waals surface area contributed by atoms with Gasteiger partial charge >= 0.3 is 0 Å². The predicted octanol–water partition coefficient (Wildman–Crippen LogP) is 14.4. The molecule has 0 aliphatic rings. The zero-order valence-corrected chi connectivity index (χ0v) is 35.4. The van der Waals surface area contributed by atoms with Crippen molar-refractivity contribution in [2.24, 2.45) is 0 Å². The maximum atomic E-state index is 9.95. The number of phenolic OH excluding ortho intramolecular Hbond substituents is 2. The van der Waals surface area contributed by atoms with E-state index >= 15 is 0 Å². The molecule has 0 amide bonds. The molecule has 0 bridgehead atoms. The zero-order valence-electron chi connectivity index (χ0n) is 35.4. The van der Waals surface area contributed by atoms with Crippen molar-refractivity contribution in [2.45, 2.75) is 39.1 Å². The predicted molar refractivity (Wildman–Crippen MR) is 263 cm³/mol. The lowest BCUT2D eigenvalue weighted by Crippen LogP contribution is -1.94. The van der Waals surface area contributed by atoms with Gasteiger partial charge in [-0.05, 0) is 114 Å². The first-order chi connectivity index (χ1) is 30.6. The molecule has 63 heavy (non-hydrogen) atoms. The lowest BCUT2D eigenvalue weighted by Gasteiger charge is -2.11. The van der Waals surface area contributed by atoms with Gasteiger partial charge in [-0.15, -0.1) is 0 Å². The van der Waals surface area contributed by atoms with Crippen LogP contribution in [0, 0.1) is 0 Å². The van der Waals surface area contributed by atoms with Crippen LogP contribution in [0.25, 0.3) is 86.2 Å². The molecule has 12 aromatic rings. The topological polar surface area (TPSA) is 101 Å². The van der Waals surface area contributed by atoms with Crippen molar-refractivity contribution in [1.82, 2.24) is 0 Å². The van der Waals surface area contributed by atoms with Crippen LogP contribution in [0.3, 0.4) is 0 Å². The minimum absolute atomic E-state index is 0.357. The number of aliphatic hydroxyl groups excluding tert-OH is 3. The van der Waals surface area contributed by atoms with Crippen molar-refractivity contribution in [3.8, 4) is 11.5 Å². The highest BCUT2D eigenvalue weighted by Crippen LogP contribution is 2.39. The summed E-state index contributed by atoms with van der Waals surface area (Å²) in [5, 5.41) is 66.9. The summed E-state index contributed by atoms with van der Waals surface area (Å²) in [6, 6.07) is 62.7. The van der Waals surface area contributed by atoms with Gasteiger partial charge in [-0.2, -0.15) is 0 Å². The van der Waals surface area contributed by atoms with Gasteiger partial charge in [0.15, 0.2) is 0 Å². The second-order valence-corrected chi connectivity index (χ2v) is 16.3. The largest absolute Gasteiger partial charge is 0.507 e. The number of aromatic hydroxyl groups is 2. The molecule has 12 rings (SSSR count). The Morgan fingerprint density at radius 1 is 0.270 bits per heavy atom. The quantitative estimate of drug-likeness (QED) is 0.114. The summed E-state index contributed by atoms with van der Waals surface area (Å²) in [6.45, 7) is 5.25. The molecular weight excluding hydrogens is 777 g/mol. The highest BCUT2D eigenvalue weighted by Gasteiger charge is 2.12. The lowest BCUT2D eigenvalue weighted by atomic mass is 9.94. The van der Waals surface area contributed by atoms with Crippen molar-refractivity contribution in [2.75, 3.05) is 0 Å². The first-order valence-corrected chi connectivity index (χ1v) is 21.3. The number of hydrogen-bond donors (Lipinski definition) is 5. The van der Waals surface area contributed by atoms with Gasteiger partial charge in [0, 0.05) is 21.5 Å². The number of aliphatic hydroxyl groups is 3. The fourth-order valence-corrected chi connectivity index (χ4v) is 8.92. The second-order valence-electron chi connectivity index (χ2n) is 16.3. The molecule has 5 heteroatoms. The molecule has 0 spiro atoms. The molecule has 3 unspecified atom stereocenters. The summed E-state index contributed by atoms with van der Waals surface area (Å²) in [5.74, 6) is 0.714. The third-order valence-electron chi connectivity index (χ3n) is 12.2. The van der Waals surface area contributed by atoms with Gasteiger partial charge in [-0.25, -0.2) is 0 Å². The van der Waals surface area contributed by atoms with E-state index in [1.54, 1.807) is 26.0 Å². The van der Waals surface area contributed by atoms with E-state index in [1.165, 1.54) is 70.0 Å². The maximum Gasteiger partial charge on any atom is 0.123 e. The van der Waals surface area contributed by atoms with Crippen LogP contribution >= 0.6 is 0 Å². The molecule has 3 atom stereocenters. The molecule has 0 aliphatic heterocycles. The fourth-order valence-electron chi connectivity index (χ4n) is 8.92. The average molecular weight is 825 g/mol. The SMILES string of the molecule is CC(O)c1ccc(C(C)O)cc1.CC(O)c1cccc2c1ccc1ccccc12.Oc1ccc2ccc3cccc4ccc1c2c34.Oc1ccc2ccc3cccc4ccc1c2c34. The number of fused-ring (bicyclic) bond motifs is 3. The second kappa shape index (κ2) is 17.2. The average Bonchev–Trinajstić information content (AvgIpc) is 3.31. The van der Waals surface area contributed by atoms with Crippen LogP contribution in [0.5, 0.6) is 11.5 Å². The van der Waals surface area contributed by atoms with Crippen molar-refractivity contribution < 1.29 is 25.5 Å². The minimum Gasteiger partial charge on any atom is -0.507 e. The van der Waals surface area contributed by atoms with Crippen LogP contribution in [-0.4, -0.2) is 25.5 Å². The summed E-state index contributed by atoms with van der Waals surface area (Å²) < 4.78 is 0. The van der Waals surface area contributed by atoms with Crippen LogP contribution in [0.1, 0.15) is 55.8 Å². The Morgan fingerprint density at radius 2 is 0.619 bits per heavy atom. The fraction of sp³-hybridized carbons (Fsp3) is 0.103. The third kappa shape index (κ3) is 7.90. The van der Waals surface area contributed by atoms with E-state index < -0.39 is 18.3 Å². The molecule has 12 aromatic carbocycles. The van der Waals surface area contributed by atoms with E-state index in [-0.39, 0.29) is 0 Å². The minimum atomic E-state index is -0.437. The van der Waals surface area contributed by atoms with E-state index in [0.29, 0.717) is 11.5 Å². The van der Waals surface area contributed by atoms with Gasteiger partial charge in [-0.1, -0.05) is 176 Å². The number of benzene rings is 12. The van der Waals surface area contributed by atoms with Gasteiger partial charge in [0.25, 0.3) is 0 Å². The van der Waals surface area contributed by atoms with Crippen LogP contribution in [0.4, 0.5) is 0 Å². The monoisotopic (exact) mass is 824 g/mol. The Morgan fingerprint density at radius 3 is 1.08 bits per heavy atom. The Bertz CT molecular complexity index is 3310. The Hall–Kier alpha value is -7.28. The van der Waals surface area contributed by atoms with Gasteiger partial charge in [0.05, 0.1) is 18.3 Å². The number of rotatable bonds is 3. The van der Waals surface area contributed by atoms with E-state index in [2.05, 4.69) is 109 Å². The lowest BCUT2D eigenvalue weighted by molar-refractivity contribution is 0.195. The first-order valence-electron chi connectivity index (χ1n) is 21.3.